The molecule has 3 aliphatic carbocycles. The summed E-state index contributed by atoms with van der Waals surface area (Å²) < 4.78 is 0. The fourth-order valence-corrected chi connectivity index (χ4v) is 4.74. The van der Waals surface area contributed by atoms with E-state index in [9.17, 15) is 5.11 Å². The van der Waals surface area contributed by atoms with Gasteiger partial charge in [0.05, 0.1) is 6.61 Å². The van der Waals surface area contributed by atoms with E-state index in [0.717, 1.165) is 0 Å². The lowest BCUT2D eigenvalue weighted by Crippen LogP contribution is -2.40. The Bertz CT molecular complexity index is 255. The number of nitrogens with two attached hydrogens (primary N) is 1. The lowest BCUT2D eigenvalue weighted by molar-refractivity contribution is 0.0184. The van der Waals surface area contributed by atoms with E-state index < -0.39 is 0 Å². The molecule has 0 aromatic carbocycles. The molecule has 0 bridgehead atoms. The van der Waals surface area contributed by atoms with Crippen molar-refractivity contribution in [2.24, 2.45) is 22.0 Å². The number of fused-ring (bicyclic) bond motifs is 1. The van der Waals surface area contributed by atoms with Crippen LogP contribution in [0.3, 0.4) is 0 Å². The van der Waals surface area contributed by atoms with Gasteiger partial charge < -0.3 is 10.8 Å². The first-order chi connectivity index (χ1) is 6.74. The molecule has 0 aromatic rings. The normalized spacial score (nSPS) is 48.4. The van der Waals surface area contributed by atoms with E-state index in [4.69, 9.17) is 5.73 Å². The van der Waals surface area contributed by atoms with Gasteiger partial charge in [0.1, 0.15) is 0 Å². The first-order valence-corrected chi connectivity index (χ1v) is 6.05. The lowest BCUT2D eigenvalue weighted by Gasteiger charge is -2.46. The molecule has 3 aliphatic rings. The molecule has 0 aliphatic heterocycles. The summed E-state index contributed by atoms with van der Waals surface area (Å²) in [5, 5.41) is 9.55. The van der Waals surface area contributed by atoms with Gasteiger partial charge in [0, 0.05) is 12.0 Å². The lowest BCUT2D eigenvalue weighted by atomic mass is 9.58. The summed E-state index contributed by atoms with van der Waals surface area (Å²) in [5.74, 6) is 0. The second kappa shape index (κ2) is 2.53. The van der Waals surface area contributed by atoms with Crippen LogP contribution in [0.1, 0.15) is 44.9 Å². The van der Waals surface area contributed by atoms with Crippen LogP contribution in [0, 0.1) is 16.2 Å². The quantitative estimate of drug-likeness (QED) is 0.704. The molecule has 3 saturated carbocycles. The first kappa shape index (κ1) is 9.17. The van der Waals surface area contributed by atoms with Crippen LogP contribution < -0.4 is 5.73 Å². The van der Waals surface area contributed by atoms with Crippen molar-refractivity contribution in [1.82, 2.24) is 0 Å². The van der Waals surface area contributed by atoms with Crippen LogP contribution in [0.5, 0.6) is 0 Å². The zero-order valence-electron chi connectivity index (χ0n) is 8.89. The average molecular weight is 195 g/mol. The standard InChI is InChI=1S/C12H21NO/c13-8-11(9-14)7-12(11)6-2-5-10(12)3-1-4-10/h14H,1-9,13H2. The fourth-order valence-electron chi connectivity index (χ4n) is 4.74. The Hall–Kier alpha value is -0.0800. The van der Waals surface area contributed by atoms with Crippen molar-refractivity contribution in [3.63, 3.8) is 0 Å². The second-order valence-corrected chi connectivity index (χ2v) is 5.89. The number of hydrogen-bond donors (Lipinski definition) is 2. The summed E-state index contributed by atoms with van der Waals surface area (Å²) in [5.41, 5.74) is 7.10. The maximum Gasteiger partial charge on any atom is 0.0505 e. The van der Waals surface area contributed by atoms with Crippen molar-refractivity contribution in [2.45, 2.75) is 44.9 Å². The van der Waals surface area contributed by atoms with Crippen molar-refractivity contribution < 1.29 is 5.11 Å². The summed E-state index contributed by atoms with van der Waals surface area (Å²) in [6.07, 6.45) is 9.57. The van der Waals surface area contributed by atoms with Crippen LogP contribution in [0.2, 0.25) is 0 Å². The average Bonchev–Trinajstić information content (AvgIpc) is 2.60. The van der Waals surface area contributed by atoms with Gasteiger partial charge in [-0.3, -0.25) is 0 Å². The van der Waals surface area contributed by atoms with Gasteiger partial charge >= 0.3 is 0 Å². The zero-order chi connectivity index (χ0) is 9.86. The van der Waals surface area contributed by atoms with Crippen LogP contribution in [0.4, 0.5) is 0 Å². The molecular formula is C12H21NO. The van der Waals surface area contributed by atoms with Crippen LogP contribution in [-0.4, -0.2) is 18.3 Å². The minimum Gasteiger partial charge on any atom is -0.396 e. The third-order valence-electron chi connectivity index (χ3n) is 5.81. The molecule has 0 amide bonds. The largest absolute Gasteiger partial charge is 0.396 e. The number of hydrogen-bond acceptors (Lipinski definition) is 2. The van der Waals surface area contributed by atoms with Crippen molar-refractivity contribution in [3.05, 3.63) is 0 Å². The maximum absolute atomic E-state index is 9.55. The van der Waals surface area contributed by atoms with Gasteiger partial charge in [0.2, 0.25) is 0 Å². The van der Waals surface area contributed by atoms with E-state index in [1.54, 1.807) is 0 Å². The molecule has 0 saturated heterocycles. The van der Waals surface area contributed by atoms with E-state index in [0.29, 0.717) is 24.0 Å². The first-order valence-electron chi connectivity index (χ1n) is 6.05. The van der Waals surface area contributed by atoms with Crippen molar-refractivity contribution in [1.29, 1.82) is 0 Å². The smallest absolute Gasteiger partial charge is 0.0505 e. The Labute approximate surface area is 85.9 Å². The monoisotopic (exact) mass is 195 g/mol. The Kier molecular flexibility index (Phi) is 1.66. The molecular weight excluding hydrogens is 174 g/mol. The summed E-state index contributed by atoms with van der Waals surface area (Å²) in [4.78, 5) is 0. The molecule has 2 heteroatoms. The molecule has 2 spiro atoms. The Balaban J connectivity index is 1.91. The van der Waals surface area contributed by atoms with E-state index in [1.165, 1.54) is 44.9 Å². The zero-order valence-corrected chi connectivity index (χ0v) is 8.89. The van der Waals surface area contributed by atoms with E-state index in [1.807, 2.05) is 0 Å². The molecule has 0 heterocycles. The predicted molar refractivity (Wildman–Crippen MR) is 55.8 cm³/mol. The summed E-state index contributed by atoms with van der Waals surface area (Å²) in [7, 11) is 0. The molecule has 3 N–H and O–H groups in total. The van der Waals surface area contributed by atoms with Gasteiger partial charge in [0.15, 0.2) is 0 Å². The van der Waals surface area contributed by atoms with E-state index in [-0.39, 0.29) is 5.41 Å². The van der Waals surface area contributed by atoms with Crippen molar-refractivity contribution in [3.8, 4) is 0 Å². The second-order valence-electron chi connectivity index (χ2n) is 5.89. The Morgan fingerprint density at radius 1 is 1.07 bits per heavy atom. The molecule has 14 heavy (non-hydrogen) atoms. The van der Waals surface area contributed by atoms with Gasteiger partial charge in [-0.2, -0.15) is 0 Å². The highest BCUT2D eigenvalue weighted by Crippen LogP contribution is 2.82. The van der Waals surface area contributed by atoms with E-state index >= 15 is 0 Å². The van der Waals surface area contributed by atoms with Gasteiger partial charge in [-0.15, -0.1) is 0 Å². The van der Waals surface area contributed by atoms with Gasteiger partial charge in [0.25, 0.3) is 0 Å². The maximum atomic E-state index is 9.55. The van der Waals surface area contributed by atoms with Crippen LogP contribution in [0.15, 0.2) is 0 Å². The third-order valence-corrected chi connectivity index (χ3v) is 5.81. The highest BCUT2D eigenvalue weighted by molar-refractivity contribution is 5.25. The Morgan fingerprint density at radius 2 is 1.71 bits per heavy atom. The molecule has 2 unspecified atom stereocenters. The topological polar surface area (TPSA) is 46.2 Å². The van der Waals surface area contributed by atoms with Crippen molar-refractivity contribution in [2.75, 3.05) is 13.2 Å². The molecule has 2 nitrogen and oxygen atoms in total. The van der Waals surface area contributed by atoms with Gasteiger partial charge in [-0.25, -0.2) is 0 Å². The SMILES string of the molecule is NCC1(CO)CC12CCCC21CCC1. The fraction of sp³-hybridized carbons (Fsp3) is 1.00. The number of rotatable bonds is 2. The molecule has 2 atom stereocenters. The third kappa shape index (κ3) is 0.737. The van der Waals surface area contributed by atoms with Crippen molar-refractivity contribution >= 4 is 0 Å². The Morgan fingerprint density at radius 3 is 2.14 bits per heavy atom. The van der Waals surface area contributed by atoms with E-state index in [2.05, 4.69) is 0 Å². The minimum absolute atomic E-state index is 0.129. The number of aliphatic hydroxyl groups is 1. The van der Waals surface area contributed by atoms with Crippen LogP contribution >= 0.6 is 0 Å². The molecule has 3 rings (SSSR count). The van der Waals surface area contributed by atoms with Crippen LogP contribution in [-0.2, 0) is 0 Å². The van der Waals surface area contributed by atoms with Gasteiger partial charge in [-0.05, 0) is 42.9 Å². The van der Waals surface area contributed by atoms with Crippen LogP contribution in [0.25, 0.3) is 0 Å². The number of aliphatic hydroxyl groups excluding tert-OH is 1. The summed E-state index contributed by atoms with van der Waals surface area (Å²) in [6, 6.07) is 0. The predicted octanol–water partition coefficient (Wildman–Crippen LogP) is 1.67. The highest BCUT2D eigenvalue weighted by Gasteiger charge is 2.76. The summed E-state index contributed by atoms with van der Waals surface area (Å²) in [6.45, 7) is 1.02. The molecule has 0 aromatic heterocycles. The molecule has 0 radical (unpaired) electrons. The summed E-state index contributed by atoms with van der Waals surface area (Å²) >= 11 is 0. The molecule has 3 fully saturated rings. The molecule has 80 valence electrons. The highest BCUT2D eigenvalue weighted by atomic mass is 16.3. The minimum atomic E-state index is 0.129. The van der Waals surface area contributed by atoms with Gasteiger partial charge in [-0.1, -0.05) is 12.8 Å².